The van der Waals surface area contributed by atoms with Crippen molar-refractivity contribution in [1.29, 1.82) is 0 Å². The summed E-state index contributed by atoms with van der Waals surface area (Å²) in [5.41, 5.74) is 0. The molecular weight excluding hydrogens is 130 g/mol. The van der Waals surface area contributed by atoms with E-state index in [1.165, 1.54) is 32.1 Å². The van der Waals surface area contributed by atoms with Crippen LogP contribution < -0.4 is 4.72 Å². The molecule has 0 aromatic carbocycles. The third-order valence-corrected chi connectivity index (χ3v) is 2.46. The van der Waals surface area contributed by atoms with E-state index in [2.05, 4.69) is 11.0 Å². The van der Waals surface area contributed by atoms with Crippen LogP contribution in [0.1, 0.15) is 32.1 Å². The predicted octanol–water partition coefficient (Wildman–Crippen LogP) is 2.19. The van der Waals surface area contributed by atoms with Gasteiger partial charge in [0.05, 0.1) is 0 Å². The van der Waals surface area contributed by atoms with E-state index >= 15 is 0 Å². The van der Waals surface area contributed by atoms with Crippen LogP contribution in [0.2, 0.25) is 0 Å². The average Bonchev–Trinajstić information content (AvgIpc) is 1.91. The highest BCUT2D eigenvalue weighted by molar-refractivity contribution is 7.96. The molecule has 0 bridgehead atoms. The number of hydrogen-bond donors (Lipinski definition) is 1. The van der Waals surface area contributed by atoms with E-state index in [9.17, 15) is 0 Å². The molecular formula is C7H15NS. The molecule has 1 aliphatic carbocycles. The molecule has 1 nitrogen and oxygen atoms in total. The van der Waals surface area contributed by atoms with Gasteiger partial charge in [0.2, 0.25) is 0 Å². The molecule has 2 heteroatoms. The molecule has 1 rings (SSSR count). The normalized spacial score (nSPS) is 22.3. The standard InChI is InChI=1S/C7H15NS/c1-9-8-7-5-3-2-4-6-7/h7-8H,2-6H2,1H3. The van der Waals surface area contributed by atoms with Gasteiger partial charge >= 0.3 is 0 Å². The summed E-state index contributed by atoms with van der Waals surface area (Å²) in [6.07, 6.45) is 9.19. The first-order valence-corrected chi connectivity index (χ1v) is 4.94. The van der Waals surface area contributed by atoms with E-state index in [1.54, 1.807) is 11.9 Å². The van der Waals surface area contributed by atoms with Crippen LogP contribution in [0.3, 0.4) is 0 Å². The maximum Gasteiger partial charge on any atom is 0.0171 e. The fourth-order valence-corrected chi connectivity index (χ4v) is 1.96. The highest BCUT2D eigenvalue weighted by Crippen LogP contribution is 2.18. The van der Waals surface area contributed by atoms with Gasteiger partial charge in [0.15, 0.2) is 0 Å². The van der Waals surface area contributed by atoms with E-state index in [-0.39, 0.29) is 0 Å². The second-order valence-corrected chi connectivity index (χ2v) is 3.30. The topological polar surface area (TPSA) is 12.0 Å². The van der Waals surface area contributed by atoms with Gasteiger partial charge in [0, 0.05) is 6.04 Å². The van der Waals surface area contributed by atoms with Crippen molar-refractivity contribution in [3.63, 3.8) is 0 Å². The lowest BCUT2D eigenvalue weighted by molar-refractivity contribution is 0.424. The Morgan fingerprint density at radius 1 is 1.22 bits per heavy atom. The summed E-state index contributed by atoms with van der Waals surface area (Å²) in [5.74, 6) is 0. The van der Waals surface area contributed by atoms with Crippen LogP contribution in [0.25, 0.3) is 0 Å². The Kier molecular flexibility index (Phi) is 3.44. The summed E-state index contributed by atoms with van der Waals surface area (Å²) in [6.45, 7) is 0. The summed E-state index contributed by atoms with van der Waals surface area (Å²) >= 11 is 1.76. The molecule has 0 radical (unpaired) electrons. The molecule has 0 amide bonds. The van der Waals surface area contributed by atoms with Gasteiger partial charge in [-0.2, -0.15) is 0 Å². The molecule has 1 saturated carbocycles. The van der Waals surface area contributed by atoms with Crippen LogP contribution in [-0.4, -0.2) is 12.3 Å². The number of hydrogen-bond acceptors (Lipinski definition) is 2. The van der Waals surface area contributed by atoms with Crippen LogP contribution in [0.15, 0.2) is 0 Å². The van der Waals surface area contributed by atoms with Crippen molar-refractivity contribution in [3.05, 3.63) is 0 Å². The maximum absolute atomic E-state index is 3.40. The lowest BCUT2D eigenvalue weighted by Crippen LogP contribution is -2.24. The lowest BCUT2D eigenvalue weighted by atomic mass is 9.96. The third-order valence-electron chi connectivity index (χ3n) is 1.89. The first-order chi connectivity index (χ1) is 4.43. The Bertz CT molecular complexity index is 66.6. The van der Waals surface area contributed by atoms with Gasteiger partial charge in [-0.05, 0) is 19.1 Å². The Morgan fingerprint density at radius 3 is 2.44 bits per heavy atom. The average molecular weight is 145 g/mol. The summed E-state index contributed by atoms with van der Waals surface area (Å²) in [6, 6.07) is 0.814. The SMILES string of the molecule is CSNC1CCCCC1. The van der Waals surface area contributed by atoms with Crippen molar-refractivity contribution >= 4 is 11.9 Å². The zero-order valence-corrected chi connectivity index (χ0v) is 6.84. The van der Waals surface area contributed by atoms with Crippen molar-refractivity contribution in [3.8, 4) is 0 Å². The molecule has 0 atom stereocenters. The van der Waals surface area contributed by atoms with Gasteiger partial charge in [-0.15, -0.1) is 0 Å². The van der Waals surface area contributed by atoms with E-state index in [0.29, 0.717) is 0 Å². The summed E-state index contributed by atoms with van der Waals surface area (Å²) in [4.78, 5) is 0. The smallest absolute Gasteiger partial charge is 0.0171 e. The van der Waals surface area contributed by atoms with E-state index in [4.69, 9.17) is 0 Å². The molecule has 0 saturated heterocycles. The maximum atomic E-state index is 3.40. The zero-order valence-electron chi connectivity index (χ0n) is 6.02. The fourth-order valence-electron chi connectivity index (χ4n) is 1.39. The number of rotatable bonds is 2. The van der Waals surface area contributed by atoms with Crippen LogP contribution >= 0.6 is 11.9 Å². The minimum atomic E-state index is 0.814. The molecule has 0 aromatic heterocycles. The molecule has 0 unspecified atom stereocenters. The summed E-state index contributed by atoms with van der Waals surface area (Å²) in [7, 11) is 0. The fraction of sp³-hybridized carbons (Fsp3) is 1.00. The van der Waals surface area contributed by atoms with Crippen LogP contribution in [-0.2, 0) is 0 Å². The zero-order chi connectivity index (χ0) is 6.53. The van der Waals surface area contributed by atoms with Crippen molar-refractivity contribution in [2.24, 2.45) is 0 Å². The van der Waals surface area contributed by atoms with Gasteiger partial charge in [0.1, 0.15) is 0 Å². The summed E-state index contributed by atoms with van der Waals surface area (Å²) in [5, 5.41) is 0. The second kappa shape index (κ2) is 4.18. The molecule has 54 valence electrons. The first-order valence-electron chi connectivity index (χ1n) is 3.72. The molecule has 0 aromatic rings. The molecule has 9 heavy (non-hydrogen) atoms. The molecule has 0 aliphatic heterocycles. The Hall–Kier alpha value is 0.310. The highest BCUT2D eigenvalue weighted by Gasteiger charge is 2.10. The van der Waals surface area contributed by atoms with Crippen LogP contribution in [0, 0.1) is 0 Å². The van der Waals surface area contributed by atoms with Crippen molar-refractivity contribution in [2.75, 3.05) is 6.26 Å². The van der Waals surface area contributed by atoms with Gasteiger partial charge in [-0.3, -0.25) is 4.72 Å². The molecule has 1 fully saturated rings. The Morgan fingerprint density at radius 2 is 1.89 bits per heavy atom. The molecule has 0 heterocycles. The highest BCUT2D eigenvalue weighted by atomic mass is 32.2. The van der Waals surface area contributed by atoms with Gasteiger partial charge in [0.25, 0.3) is 0 Å². The molecule has 1 N–H and O–H groups in total. The lowest BCUT2D eigenvalue weighted by Gasteiger charge is -2.20. The predicted molar refractivity (Wildman–Crippen MR) is 43.5 cm³/mol. The van der Waals surface area contributed by atoms with Crippen molar-refractivity contribution < 1.29 is 0 Å². The monoisotopic (exact) mass is 145 g/mol. The third kappa shape index (κ3) is 2.59. The van der Waals surface area contributed by atoms with E-state index in [0.717, 1.165) is 6.04 Å². The first kappa shape index (κ1) is 7.42. The Labute approximate surface area is 61.7 Å². The second-order valence-electron chi connectivity index (χ2n) is 2.66. The molecule has 0 spiro atoms. The van der Waals surface area contributed by atoms with Gasteiger partial charge < -0.3 is 0 Å². The molecule has 1 aliphatic rings. The van der Waals surface area contributed by atoms with Crippen molar-refractivity contribution in [1.82, 2.24) is 4.72 Å². The van der Waals surface area contributed by atoms with Gasteiger partial charge in [-0.1, -0.05) is 31.2 Å². The van der Waals surface area contributed by atoms with Crippen molar-refractivity contribution in [2.45, 2.75) is 38.1 Å². The van der Waals surface area contributed by atoms with Gasteiger partial charge in [-0.25, -0.2) is 0 Å². The summed E-state index contributed by atoms with van der Waals surface area (Å²) < 4.78 is 3.40. The van der Waals surface area contributed by atoms with E-state index < -0.39 is 0 Å². The van der Waals surface area contributed by atoms with E-state index in [1.807, 2.05) is 0 Å². The minimum absolute atomic E-state index is 0.814. The quantitative estimate of drug-likeness (QED) is 0.598. The largest absolute Gasteiger partial charge is 0.261 e. The minimum Gasteiger partial charge on any atom is -0.261 e. The Balaban J connectivity index is 2.08. The van der Waals surface area contributed by atoms with Crippen LogP contribution in [0.4, 0.5) is 0 Å². The number of nitrogens with one attached hydrogen (secondary N) is 1. The van der Waals surface area contributed by atoms with Crippen LogP contribution in [0.5, 0.6) is 0 Å².